The normalized spacial score (nSPS) is 14.0. The van der Waals surface area contributed by atoms with Crippen molar-refractivity contribution in [2.75, 3.05) is 5.32 Å². The number of nitrogens with one attached hydrogen (secondary N) is 2. The molecule has 0 bridgehead atoms. The number of nitrogens with zero attached hydrogens (tertiary/aromatic N) is 4. The second-order valence-electron chi connectivity index (χ2n) is 5.07. The highest BCUT2D eigenvalue weighted by atomic mass is 16.3. The number of oxazole rings is 1. The molecule has 2 N–H and O–H groups in total. The van der Waals surface area contributed by atoms with Crippen LogP contribution in [0.4, 0.5) is 5.69 Å². The van der Waals surface area contributed by atoms with Crippen molar-refractivity contribution in [2.45, 2.75) is 18.8 Å². The van der Waals surface area contributed by atoms with Crippen molar-refractivity contribution in [3.05, 3.63) is 42.1 Å². The van der Waals surface area contributed by atoms with E-state index in [1.807, 2.05) is 18.2 Å². The van der Waals surface area contributed by atoms with Gasteiger partial charge in [-0.15, -0.1) is 10.2 Å². The first-order valence-electron chi connectivity index (χ1n) is 6.90. The number of H-pyrrole nitrogens is 1. The van der Waals surface area contributed by atoms with Crippen molar-refractivity contribution in [3.8, 4) is 11.4 Å². The minimum atomic E-state index is -0.299. The molecule has 110 valence electrons. The van der Waals surface area contributed by atoms with Gasteiger partial charge in [0.15, 0.2) is 12.1 Å². The van der Waals surface area contributed by atoms with Crippen LogP contribution in [0.5, 0.6) is 0 Å². The lowest BCUT2D eigenvalue weighted by Gasteiger charge is -2.07. The summed E-state index contributed by atoms with van der Waals surface area (Å²) in [7, 11) is 0. The third kappa shape index (κ3) is 2.24. The Morgan fingerprint density at radius 1 is 1.32 bits per heavy atom. The molecule has 0 spiro atoms. The second-order valence-corrected chi connectivity index (χ2v) is 5.07. The van der Waals surface area contributed by atoms with E-state index in [0.717, 1.165) is 12.8 Å². The van der Waals surface area contributed by atoms with E-state index in [-0.39, 0.29) is 5.91 Å². The van der Waals surface area contributed by atoms with Crippen molar-refractivity contribution in [2.24, 2.45) is 0 Å². The molecule has 0 saturated heterocycles. The van der Waals surface area contributed by atoms with Crippen LogP contribution in [0.1, 0.15) is 35.0 Å². The summed E-state index contributed by atoms with van der Waals surface area (Å²) in [6.07, 6.45) is 3.39. The Morgan fingerprint density at radius 2 is 2.18 bits per heavy atom. The minimum Gasteiger partial charge on any atom is -0.447 e. The number of amides is 1. The molecule has 4 rings (SSSR count). The van der Waals surface area contributed by atoms with Gasteiger partial charge in [-0.05, 0) is 30.2 Å². The number of aromatic amines is 1. The Bertz CT molecular complexity index is 806. The van der Waals surface area contributed by atoms with Gasteiger partial charge < -0.3 is 9.73 Å². The Hall–Kier alpha value is -3.03. The molecule has 8 heteroatoms. The van der Waals surface area contributed by atoms with Crippen LogP contribution in [0.15, 0.2) is 35.1 Å². The van der Waals surface area contributed by atoms with Crippen LogP contribution in [0, 0.1) is 0 Å². The van der Waals surface area contributed by atoms with Crippen molar-refractivity contribution in [1.82, 2.24) is 25.6 Å². The molecule has 2 aromatic heterocycles. The minimum absolute atomic E-state index is 0.299. The van der Waals surface area contributed by atoms with E-state index >= 15 is 0 Å². The predicted octanol–water partition coefficient (Wildman–Crippen LogP) is 1.98. The number of rotatable bonds is 4. The quantitative estimate of drug-likeness (QED) is 0.761. The van der Waals surface area contributed by atoms with Gasteiger partial charge in [-0.3, -0.25) is 4.79 Å². The van der Waals surface area contributed by atoms with Gasteiger partial charge in [0.05, 0.1) is 5.69 Å². The maximum Gasteiger partial charge on any atom is 0.277 e. The zero-order valence-electron chi connectivity index (χ0n) is 11.5. The van der Waals surface area contributed by atoms with Crippen LogP contribution in [-0.2, 0) is 0 Å². The molecule has 1 aromatic carbocycles. The molecule has 3 aromatic rings. The number of para-hydroxylation sites is 1. The van der Waals surface area contributed by atoms with Crippen molar-refractivity contribution < 1.29 is 9.21 Å². The molecular weight excluding hydrogens is 284 g/mol. The van der Waals surface area contributed by atoms with E-state index < -0.39 is 0 Å². The average molecular weight is 296 g/mol. The van der Waals surface area contributed by atoms with Crippen LogP contribution in [-0.4, -0.2) is 31.5 Å². The van der Waals surface area contributed by atoms with E-state index in [0.29, 0.717) is 34.4 Å². The number of anilines is 1. The van der Waals surface area contributed by atoms with Crippen LogP contribution in [0.2, 0.25) is 0 Å². The molecule has 1 aliphatic carbocycles. The summed E-state index contributed by atoms with van der Waals surface area (Å²) in [6, 6.07) is 7.25. The first-order chi connectivity index (χ1) is 10.8. The fraction of sp³-hybridized carbons (Fsp3) is 0.214. The number of tetrazole rings is 1. The van der Waals surface area contributed by atoms with Crippen molar-refractivity contribution >= 4 is 11.6 Å². The van der Waals surface area contributed by atoms with Gasteiger partial charge in [0.1, 0.15) is 5.76 Å². The lowest BCUT2D eigenvalue weighted by atomic mass is 10.1. The SMILES string of the molecule is O=C(Nc1ccccc1-c1nn[nH]n1)c1ncoc1C1CC1. The zero-order valence-corrected chi connectivity index (χ0v) is 11.5. The topological polar surface area (TPSA) is 110 Å². The third-order valence-electron chi connectivity index (χ3n) is 3.52. The standard InChI is InChI=1S/C14H12N6O2/c21-14(11-12(8-5-6-8)22-7-15-11)16-10-4-2-1-3-9(10)13-17-19-20-18-13/h1-4,7-8H,5-6H2,(H,16,21)(H,17,18,19,20). The summed E-state index contributed by atoms with van der Waals surface area (Å²) in [4.78, 5) is 16.5. The molecule has 1 fully saturated rings. The smallest absolute Gasteiger partial charge is 0.277 e. The van der Waals surface area contributed by atoms with Crippen LogP contribution in [0.3, 0.4) is 0 Å². The van der Waals surface area contributed by atoms with E-state index in [1.54, 1.807) is 6.07 Å². The number of hydrogen-bond donors (Lipinski definition) is 2. The zero-order chi connectivity index (χ0) is 14.9. The number of aromatic nitrogens is 5. The molecule has 0 unspecified atom stereocenters. The van der Waals surface area contributed by atoms with Gasteiger partial charge in [0, 0.05) is 11.5 Å². The van der Waals surface area contributed by atoms with Gasteiger partial charge in [0.2, 0.25) is 5.82 Å². The van der Waals surface area contributed by atoms with Crippen molar-refractivity contribution in [3.63, 3.8) is 0 Å². The Labute approximate surface area is 124 Å². The fourth-order valence-electron chi connectivity index (χ4n) is 2.31. The second kappa shape index (κ2) is 5.06. The maximum absolute atomic E-state index is 12.5. The summed E-state index contributed by atoms with van der Waals surface area (Å²) >= 11 is 0. The van der Waals surface area contributed by atoms with E-state index in [1.165, 1.54) is 6.39 Å². The van der Waals surface area contributed by atoms with E-state index in [2.05, 4.69) is 30.9 Å². The molecule has 22 heavy (non-hydrogen) atoms. The Morgan fingerprint density at radius 3 is 2.95 bits per heavy atom. The highest BCUT2D eigenvalue weighted by molar-refractivity contribution is 6.05. The highest BCUT2D eigenvalue weighted by Gasteiger charge is 2.32. The molecule has 2 heterocycles. The fourth-order valence-corrected chi connectivity index (χ4v) is 2.31. The van der Waals surface area contributed by atoms with E-state index in [4.69, 9.17) is 4.42 Å². The van der Waals surface area contributed by atoms with Gasteiger partial charge in [-0.2, -0.15) is 5.21 Å². The Kier molecular flexibility index (Phi) is 2.92. The summed E-state index contributed by atoms with van der Waals surface area (Å²) in [5.74, 6) is 1.09. The molecule has 8 nitrogen and oxygen atoms in total. The molecule has 0 atom stereocenters. The summed E-state index contributed by atoms with van der Waals surface area (Å²) in [5, 5.41) is 16.7. The van der Waals surface area contributed by atoms with Gasteiger partial charge in [-0.1, -0.05) is 12.1 Å². The highest BCUT2D eigenvalue weighted by Crippen LogP contribution is 2.41. The first kappa shape index (κ1) is 12.7. The summed E-state index contributed by atoms with van der Waals surface area (Å²) in [6.45, 7) is 0. The predicted molar refractivity (Wildman–Crippen MR) is 76.0 cm³/mol. The number of carbonyl (C=O) groups is 1. The van der Waals surface area contributed by atoms with Crippen molar-refractivity contribution in [1.29, 1.82) is 0 Å². The van der Waals surface area contributed by atoms with E-state index in [9.17, 15) is 4.79 Å². The third-order valence-corrected chi connectivity index (χ3v) is 3.52. The molecular formula is C14H12N6O2. The van der Waals surface area contributed by atoms with Crippen LogP contribution >= 0.6 is 0 Å². The molecule has 1 amide bonds. The largest absolute Gasteiger partial charge is 0.447 e. The summed E-state index contributed by atoms with van der Waals surface area (Å²) < 4.78 is 5.34. The lowest BCUT2D eigenvalue weighted by molar-refractivity contribution is 0.102. The number of carbonyl (C=O) groups excluding carboxylic acids is 1. The maximum atomic E-state index is 12.5. The summed E-state index contributed by atoms with van der Waals surface area (Å²) in [5.41, 5.74) is 1.62. The molecule has 1 saturated carbocycles. The first-order valence-corrected chi connectivity index (χ1v) is 6.90. The number of hydrogen-bond acceptors (Lipinski definition) is 6. The lowest BCUT2D eigenvalue weighted by Crippen LogP contribution is -2.14. The van der Waals surface area contributed by atoms with Gasteiger partial charge in [0.25, 0.3) is 5.91 Å². The Balaban J connectivity index is 1.64. The van der Waals surface area contributed by atoms with Crippen LogP contribution < -0.4 is 5.32 Å². The molecule has 0 radical (unpaired) electrons. The number of benzene rings is 1. The molecule has 0 aliphatic heterocycles. The van der Waals surface area contributed by atoms with Gasteiger partial charge >= 0.3 is 0 Å². The van der Waals surface area contributed by atoms with Crippen LogP contribution in [0.25, 0.3) is 11.4 Å². The molecule has 1 aliphatic rings. The van der Waals surface area contributed by atoms with Gasteiger partial charge in [-0.25, -0.2) is 4.98 Å². The monoisotopic (exact) mass is 296 g/mol. The average Bonchev–Trinajstić information content (AvgIpc) is 3.05.